The first-order valence-electron chi connectivity index (χ1n) is 5.83. The van der Waals surface area contributed by atoms with Crippen molar-refractivity contribution >= 4 is 6.09 Å². The highest BCUT2D eigenvalue weighted by molar-refractivity contribution is 5.69. The van der Waals surface area contributed by atoms with E-state index in [1.54, 1.807) is 0 Å². The van der Waals surface area contributed by atoms with Crippen LogP contribution in [0.4, 0.5) is 4.79 Å². The Morgan fingerprint density at radius 1 is 1.31 bits per heavy atom. The molecule has 0 radical (unpaired) electrons. The number of rotatable bonds is 3. The molecular formula is C12H24N2O2. The van der Waals surface area contributed by atoms with Crippen LogP contribution in [0.25, 0.3) is 0 Å². The first-order chi connectivity index (χ1) is 7.12. The lowest BCUT2D eigenvalue weighted by molar-refractivity contribution is 0.0442. The predicted molar refractivity (Wildman–Crippen MR) is 64.2 cm³/mol. The van der Waals surface area contributed by atoms with E-state index in [4.69, 9.17) is 10.5 Å². The molecule has 16 heavy (non-hydrogen) atoms. The summed E-state index contributed by atoms with van der Waals surface area (Å²) >= 11 is 0. The fourth-order valence-electron chi connectivity index (χ4n) is 1.79. The van der Waals surface area contributed by atoms with Gasteiger partial charge in [-0.3, -0.25) is 0 Å². The molecule has 4 nitrogen and oxygen atoms in total. The number of amides is 1. The summed E-state index contributed by atoms with van der Waals surface area (Å²) in [5, 5.41) is 2.97. The van der Waals surface area contributed by atoms with Gasteiger partial charge in [-0.05, 0) is 40.2 Å². The molecule has 0 spiro atoms. The Labute approximate surface area is 97.9 Å². The van der Waals surface area contributed by atoms with Gasteiger partial charge in [-0.25, -0.2) is 4.79 Å². The van der Waals surface area contributed by atoms with Gasteiger partial charge < -0.3 is 15.8 Å². The van der Waals surface area contributed by atoms with Crippen LogP contribution in [-0.4, -0.2) is 23.8 Å². The van der Waals surface area contributed by atoms with Gasteiger partial charge in [0.1, 0.15) is 5.60 Å². The second-order valence-electron chi connectivity index (χ2n) is 6.30. The minimum absolute atomic E-state index is 0.0795. The van der Waals surface area contributed by atoms with E-state index in [1.807, 2.05) is 20.8 Å². The maximum Gasteiger partial charge on any atom is 0.408 e. The molecule has 1 saturated carbocycles. The Hall–Kier alpha value is -0.770. The van der Waals surface area contributed by atoms with Crippen molar-refractivity contribution in [1.29, 1.82) is 0 Å². The molecule has 0 aliphatic heterocycles. The molecule has 1 rings (SSSR count). The van der Waals surface area contributed by atoms with Gasteiger partial charge in [-0.1, -0.05) is 13.8 Å². The Bertz CT molecular complexity index is 275. The second-order valence-corrected chi connectivity index (χ2v) is 6.30. The molecule has 0 atom stereocenters. The monoisotopic (exact) mass is 228 g/mol. The Morgan fingerprint density at radius 3 is 2.12 bits per heavy atom. The van der Waals surface area contributed by atoms with Crippen LogP contribution in [0.2, 0.25) is 0 Å². The van der Waals surface area contributed by atoms with Gasteiger partial charge in [0.2, 0.25) is 0 Å². The normalized spacial score (nSPS) is 19.1. The SMILES string of the molecule is CC(C)(C)OC(=O)NC1(C(C)(C)CN)CC1. The first-order valence-corrected chi connectivity index (χ1v) is 5.83. The molecule has 0 heterocycles. The predicted octanol–water partition coefficient (Wildman–Crippen LogP) is 2.03. The minimum Gasteiger partial charge on any atom is -0.444 e. The molecule has 1 fully saturated rings. The van der Waals surface area contributed by atoms with Crippen molar-refractivity contribution in [1.82, 2.24) is 5.32 Å². The lowest BCUT2D eigenvalue weighted by Gasteiger charge is -2.34. The van der Waals surface area contributed by atoms with Gasteiger partial charge in [0.25, 0.3) is 0 Å². The molecule has 1 amide bonds. The molecule has 94 valence electrons. The Balaban J connectivity index is 2.58. The summed E-state index contributed by atoms with van der Waals surface area (Å²) in [7, 11) is 0. The highest BCUT2D eigenvalue weighted by atomic mass is 16.6. The average molecular weight is 228 g/mol. The maximum absolute atomic E-state index is 11.7. The molecule has 0 saturated heterocycles. The summed E-state index contributed by atoms with van der Waals surface area (Å²) < 4.78 is 5.26. The number of carbonyl (C=O) groups is 1. The summed E-state index contributed by atoms with van der Waals surface area (Å²) in [6.07, 6.45) is 1.62. The Kier molecular flexibility index (Phi) is 3.25. The number of nitrogens with two attached hydrogens (primary N) is 1. The summed E-state index contributed by atoms with van der Waals surface area (Å²) in [5.41, 5.74) is 5.05. The molecule has 0 aromatic heterocycles. The summed E-state index contributed by atoms with van der Waals surface area (Å²) in [4.78, 5) is 11.7. The van der Waals surface area contributed by atoms with Gasteiger partial charge in [0, 0.05) is 11.0 Å². The van der Waals surface area contributed by atoms with Crippen molar-refractivity contribution in [3.8, 4) is 0 Å². The van der Waals surface area contributed by atoms with E-state index in [-0.39, 0.29) is 17.0 Å². The smallest absolute Gasteiger partial charge is 0.408 e. The van der Waals surface area contributed by atoms with Crippen LogP contribution >= 0.6 is 0 Å². The number of hydrogen-bond acceptors (Lipinski definition) is 3. The fraction of sp³-hybridized carbons (Fsp3) is 0.917. The van der Waals surface area contributed by atoms with Gasteiger partial charge in [0.15, 0.2) is 0 Å². The van der Waals surface area contributed by atoms with Gasteiger partial charge in [0.05, 0.1) is 0 Å². The van der Waals surface area contributed by atoms with Gasteiger partial charge in [-0.15, -0.1) is 0 Å². The number of ether oxygens (including phenoxy) is 1. The summed E-state index contributed by atoms with van der Waals surface area (Å²) in [5.74, 6) is 0. The van der Waals surface area contributed by atoms with Crippen LogP contribution in [0.15, 0.2) is 0 Å². The van der Waals surface area contributed by atoms with Crippen molar-refractivity contribution in [2.24, 2.45) is 11.1 Å². The van der Waals surface area contributed by atoms with E-state index < -0.39 is 5.60 Å². The maximum atomic E-state index is 11.7. The van der Waals surface area contributed by atoms with Crippen LogP contribution in [0.1, 0.15) is 47.5 Å². The van der Waals surface area contributed by atoms with Gasteiger partial charge in [-0.2, -0.15) is 0 Å². The number of carbonyl (C=O) groups excluding carboxylic acids is 1. The van der Waals surface area contributed by atoms with E-state index in [2.05, 4.69) is 19.2 Å². The highest BCUT2D eigenvalue weighted by Crippen LogP contribution is 2.49. The number of hydrogen-bond donors (Lipinski definition) is 2. The molecule has 1 aliphatic carbocycles. The molecule has 0 aromatic carbocycles. The molecule has 4 heteroatoms. The quantitative estimate of drug-likeness (QED) is 0.776. The van der Waals surface area contributed by atoms with Crippen molar-refractivity contribution in [3.63, 3.8) is 0 Å². The van der Waals surface area contributed by atoms with Gasteiger partial charge >= 0.3 is 6.09 Å². The zero-order chi connectivity index (χ0) is 12.6. The third kappa shape index (κ3) is 2.88. The molecule has 1 aliphatic rings. The standard InChI is InChI=1S/C12H24N2O2/c1-10(2,3)16-9(15)14-12(6-7-12)11(4,5)8-13/h6-8,13H2,1-5H3,(H,14,15). The van der Waals surface area contributed by atoms with Crippen LogP contribution in [0.5, 0.6) is 0 Å². The van der Waals surface area contributed by atoms with Crippen LogP contribution in [-0.2, 0) is 4.74 Å². The van der Waals surface area contributed by atoms with E-state index in [1.165, 1.54) is 0 Å². The average Bonchev–Trinajstić information content (AvgIpc) is 2.82. The molecule has 0 unspecified atom stereocenters. The van der Waals surface area contributed by atoms with E-state index in [0.717, 1.165) is 12.8 Å². The topological polar surface area (TPSA) is 64.3 Å². The molecule has 0 aromatic rings. The van der Waals surface area contributed by atoms with Crippen LogP contribution in [0, 0.1) is 5.41 Å². The zero-order valence-corrected chi connectivity index (χ0v) is 11.0. The van der Waals surface area contributed by atoms with Crippen molar-refractivity contribution < 1.29 is 9.53 Å². The summed E-state index contributed by atoms with van der Waals surface area (Å²) in [6, 6.07) is 0. The van der Waals surface area contributed by atoms with E-state index in [0.29, 0.717) is 6.54 Å². The summed E-state index contributed by atoms with van der Waals surface area (Å²) in [6.45, 7) is 10.3. The zero-order valence-electron chi connectivity index (χ0n) is 11.0. The fourth-order valence-corrected chi connectivity index (χ4v) is 1.79. The van der Waals surface area contributed by atoms with Crippen molar-refractivity contribution in [2.45, 2.75) is 58.6 Å². The largest absolute Gasteiger partial charge is 0.444 e. The van der Waals surface area contributed by atoms with Crippen LogP contribution in [0.3, 0.4) is 0 Å². The van der Waals surface area contributed by atoms with Crippen molar-refractivity contribution in [3.05, 3.63) is 0 Å². The molecular weight excluding hydrogens is 204 g/mol. The number of alkyl carbamates (subject to hydrolysis) is 1. The highest BCUT2D eigenvalue weighted by Gasteiger charge is 2.55. The lowest BCUT2D eigenvalue weighted by atomic mass is 9.82. The molecule has 3 N–H and O–H groups in total. The Morgan fingerprint density at radius 2 is 1.81 bits per heavy atom. The van der Waals surface area contributed by atoms with Crippen LogP contribution < -0.4 is 11.1 Å². The third-order valence-corrected chi connectivity index (χ3v) is 3.30. The minimum atomic E-state index is -0.451. The lowest BCUT2D eigenvalue weighted by Crippen LogP contribution is -2.51. The number of nitrogens with one attached hydrogen (secondary N) is 1. The third-order valence-electron chi connectivity index (χ3n) is 3.30. The van der Waals surface area contributed by atoms with E-state index >= 15 is 0 Å². The van der Waals surface area contributed by atoms with E-state index in [9.17, 15) is 4.79 Å². The molecule has 0 bridgehead atoms. The second kappa shape index (κ2) is 3.91. The van der Waals surface area contributed by atoms with Crippen molar-refractivity contribution in [2.75, 3.05) is 6.54 Å². The first kappa shape index (κ1) is 13.3.